The van der Waals surface area contributed by atoms with Gasteiger partial charge in [0.2, 0.25) is 0 Å². The summed E-state index contributed by atoms with van der Waals surface area (Å²) < 4.78 is 19.2. The molecule has 0 aliphatic heterocycles. The molecule has 0 saturated heterocycles. The number of ether oxygens (including phenoxy) is 1. The van der Waals surface area contributed by atoms with Crippen molar-refractivity contribution in [1.29, 1.82) is 0 Å². The van der Waals surface area contributed by atoms with Crippen LogP contribution in [0.2, 0.25) is 0 Å². The Hall–Kier alpha value is -3.74. The molecular weight excluding hydrogens is 375 g/mol. The van der Waals surface area contributed by atoms with Gasteiger partial charge in [0.05, 0.1) is 24.9 Å². The number of amides is 1. The van der Waals surface area contributed by atoms with Crippen molar-refractivity contribution in [3.8, 4) is 0 Å². The zero-order chi connectivity index (χ0) is 21.0. The van der Waals surface area contributed by atoms with Crippen LogP contribution < -0.4 is 10.5 Å². The molecule has 0 radical (unpaired) electrons. The number of pyridine rings is 1. The average molecular weight is 394 g/mol. The van der Waals surface area contributed by atoms with Crippen LogP contribution in [0.25, 0.3) is 0 Å². The third-order valence-electron chi connectivity index (χ3n) is 4.49. The molecule has 0 aliphatic rings. The number of para-hydroxylation sites is 1. The van der Waals surface area contributed by atoms with E-state index >= 15 is 0 Å². The number of anilines is 1. The Morgan fingerprint density at radius 2 is 1.66 bits per heavy atom. The van der Waals surface area contributed by atoms with E-state index in [1.54, 1.807) is 48.7 Å². The van der Waals surface area contributed by atoms with Crippen molar-refractivity contribution < 1.29 is 18.7 Å². The van der Waals surface area contributed by atoms with Crippen molar-refractivity contribution in [2.24, 2.45) is 0 Å². The number of hydrogen-bond donors (Lipinski definition) is 0. The van der Waals surface area contributed by atoms with E-state index in [4.69, 9.17) is 4.74 Å². The average Bonchev–Trinajstić information content (AvgIpc) is 2.75. The maximum absolute atomic E-state index is 13.1. The highest BCUT2D eigenvalue weighted by Gasteiger charge is 2.22. The molecule has 6 nitrogen and oxygen atoms in total. The number of carbonyl (C=O) groups excluding carboxylic acids is 2. The van der Waals surface area contributed by atoms with Crippen molar-refractivity contribution in [2.75, 3.05) is 19.1 Å². The summed E-state index contributed by atoms with van der Waals surface area (Å²) in [5, 5.41) is 0. The highest BCUT2D eigenvalue weighted by Crippen LogP contribution is 2.21. The number of nitrogens with zero attached hydrogens (tertiary/aromatic N) is 2. The van der Waals surface area contributed by atoms with E-state index in [1.165, 1.54) is 41.8 Å². The van der Waals surface area contributed by atoms with Crippen LogP contribution in [-0.2, 0) is 11.3 Å². The van der Waals surface area contributed by atoms with Crippen molar-refractivity contribution >= 4 is 17.6 Å². The summed E-state index contributed by atoms with van der Waals surface area (Å²) in [6.45, 7) is 0.197. The Bertz CT molecular complexity index is 1110. The minimum absolute atomic E-state index is 0.0446. The molecule has 0 spiro atoms. The number of esters is 1. The molecule has 3 rings (SSSR count). The number of benzene rings is 2. The smallest absolute Gasteiger partial charge is 0.339 e. The molecule has 1 heterocycles. The van der Waals surface area contributed by atoms with Gasteiger partial charge in [0, 0.05) is 13.2 Å². The topological polar surface area (TPSA) is 68.6 Å². The SMILES string of the molecule is COC(=O)c1ccccc1N(C)C(=O)c1cccn(Cc2ccc(F)cc2)c1=O. The minimum atomic E-state index is -0.581. The van der Waals surface area contributed by atoms with Crippen LogP contribution in [0, 0.1) is 5.82 Å². The quantitative estimate of drug-likeness (QED) is 0.624. The van der Waals surface area contributed by atoms with Crippen LogP contribution >= 0.6 is 0 Å². The predicted molar refractivity (Wildman–Crippen MR) is 107 cm³/mol. The summed E-state index contributed by atoms with van der Waals surface area (Å²) >= 11 is 0. The first kappa shape index (κ1) is 20.0. The van der Waals surface area contributed by atoms with Crippen LogP contribution in [0.1, 0.15) is 26.3 Å². The summed E-state index contributed by atoms with van der Waals surface area (Å²) in [5.41, 5.74) is 0.745. The predicted octanol–water partition coefficient (Wildman–Crippen LogP) is 3.10. The van der Waals surface area contributed by atoms with Crippen molar-refractivity contribution in [3.05, 3.63) is 99.7 Å². The van der Waals surface area contributed by atoms with Gasteiger partial charge in [0.15, 0.2) is 0 Å². The molecule has 3 aromatic rings. The van der Waals surface area contributed by atoms with Crippen LogP contribution in [0.3, 0.4) is 0 Å². The molecular formula is C22H19FN2O4. The third-order valence-corrected chi connectivity index (χ3v) is 4.49. The van der Waals surface area contributed by atoms with Gasteiger partial charge in [-0.25, -0.2) is 9.18 Å². The van der Waals surface area contributed by atoms with Crippen molar-refractivity contribution in [1.82, 2.24) is 4.57 Å². The van der Waals surface area contributed by atoms with Gasteiger partial charge in [-0.1, -0.05) is 24.3 Å². The molecule has 1 aromatic heterocycles. The maximum atomic E-state index is 13.1. The molecule has 148 valence electrons. The second-order valence-corrected chi connectivity index (χ2v) is 6.35. The van der Waals surface area contributed by atoms with Gasteiger partial charge in [-0.15, -0.1) is 0 Å². The third kappa shape index (κ3) is 4.24. The minimum Gasteiger partial charge on any atom is -0.465 e. The number of rotatable bonds is 5. The van der Waals surface area contributed by atoms with Gasteiger partial charge in [-0.05, 0) is 42.0 Å². The summed E-state index contributed by atoms with van der Waals surface area (Å²) in [5.74, 6) is -1.50. The zero-order valence-electron chi connectivity index (χ0n) is 16.0. The second kappa shape index (κ2) is 8.52. The van der Waals surface area contributed by atoms with Gasteiger partial charge < -0.3 is 14.2 Å². The number of carbonyl (C=O) groups is 2. The van der Waals surface area contributed by atoms with Gasteiger partial charge in [0.25, 0.3) is 11.5 Å². The lowest BCUT2D eigenvalue weighted by Gasteiger charge is -2.20. The Labute approximate surface area is 166 Å². The number of aromatic nitrogens is 1. The number of hydrogen-bond acceptors (Lipinski definition) is 4. The summed E-state index contributed by atoms with van der Waals surface area (Å²) in [4.78, 5) is 39.1. The van der Waals surface area contributed by atoms with E-state index < -0.39 is 17.4 Å². The number of methoxy groups -OCH3 is 1. The highest BCUT2D eigenvalue weighted by molar-refractivity contribution is 6.09. The Morgan fingerprint density at radius 1 is 1.00 bits per heavy atom. The molecule has 0 aliphatic carbocycles. The Morgan fingerprint density at radius 3 is 2.34 bits per heavy atom. The molecule has 7 heteroatoms. The lowest BCUT2D eigenvalue weighted by Crippen LogP contribution is -2.35. The van der Waals surface area contributed by atoms with Crippen molar-refractivity contribution in [2.45, 2.75) is 6.54 Å². The molecule has 0 N–H and O–H groups in total. The molecule has 1 amide bonds. The van der Waals surface area contributed by atoms with Crippen LogP contribution in [-0.4, -0.2) is 30.6 Å². The molecule has 0 saturated carbocycles. The van der Waals surface area contributed by atoms with Gasteiger partial charge in [-0.2, -0.15) is 0 Å². The lowest BCUT2D eigenvalue weighted by atomic mass is 10.1. The molecule has 0 bridgehead atoms. The fraction of sp³-hybridized carbons (Fsp3) is 0.136. The summed E-state index contributed by atoms with van der Waals surface area (Å²) in [7, 11) is 2.74. The summed E-state index contributed by atoms with van der Waals surface area (Å²) in [6.07, 6.45) is 1.56. The van der Waals surface area contributed by atoms with E-state index in [1.807, 2.05) is 0 Å². The second-order valence-electron chi connectivity index (χ2n) is 6.35. The van der Waals surface area contributed by atoms with Crippen LogP contribution in [0.15, 0.2) is 71.7 Å². The fourth-order valence-electron chi connectivity index (χ4n) is 2.95. The first-order valence-electron chi connectivity index (χ1n) is 8.81. The molecule has 2 aromatic carbocycles. The van der Waals surface area contributed by atoms with Gasteiger partial charge in [0.1, 0.15) is 11.4 Å². The van der Waals surface area contributed by atoms with E-state index in [2.05, 4.69) is 0 Å². The normalized spacial score (nSPS) is 10.4. The fourth-order valence-corrected chi connectivity index (χ4v) is 2.95. The van der Waals surface area contributed by atoms with Crippen molar-refractivity contribution in [3.63, 3.8) is 0 Å². The Balaban J connectivity index is 1.93. The van der Waals surface area contributed by atoms with E-state index in [0.717, 1.165) is 5.56 Å². The largest absolute Gasteiger partial charge is 0.465 e. The standard InChI is InChI=1S/C22H19FN2O4/c1-24(19-8-4-3-6-17(19)22(28)29-2)20(26)18-7-5-13-25(21(18)27)14-15-9-11-16(23)12-10-15/h3-13H,14H2,1-2H3. The first-order valence-corrected chi connectivity index (χ1v) is 8.81. The Kier molecular flexibility index (Phi) is 5.87. The number of halogens is 1. The lowest BCUT2D eigenvalue weighted by molar-refractivity contribution is 0.0601. The van der Waals surface area contributed by atoms with Crippen LogP contribution in [0.4, 0.5) is 10.1 Å². The first-order chi connectivity index (χ1) is 13.9. The summed E-state index contributed by atoms with van der Waals surface area (Å²) in [6, 6.07) is 15.3. The molecule has 29 heavy (non-hydrogen) atoms. The molecule has 0 fully saturated rings. The van der Waals surface area contributed by atoms with Gasteiger partial charge in [-0.3, -0.25) is 9.59 Å². The van der Waals surface area contributed by atoms with E-state index in [-0.39, 0.29) is 23.5 Å². The van der Waals surface area contributed by atoms with Crippen LogP contribution in [0.5, 0.6) is 0 Å². The zero-order valence-corrected chi connectivity index (χ0v) is 16.0. The van der Waals surface area contributed by atoms with Gasteiger partial charge >= 0.3 is 5.97 Å². The van der Waals surface area contributed by atoms with E-state index in [0.29, 0.717) is 5.69 Å². The molecule has 0 atom stereocenters. The highest BCUT2D eigenvalue weighted by atomic mass is 19.1. The maximum Gasteiger partial charge on any atom is 0.339 e. The monoisotopic (exact) mass is 394 g/mol. The van der Waals surface area contributed by atoms with E-state index in [9.17, 15) is 18.8 Å². The molecule has 0 unspecified atom stereocenters.